The van der Waals surface area contributed by atoms with Crippen molar-refractivity contribution in [3.63, 3.8) is 0 Å². The van der Waals surface area contributed by atoms with Crippen LogP contribution in [0, 0.1) is 0 Å². The highest BCUT2D eigenvalue weighted by Crippen LogP contribution is 2.17. The van der Waals surface area contributed by atoms with Gasteiger partial charge in [0.25, 0.3) is 11.8 Å². The van der Waals surface area contributed by atoms with Crippen LogP contribution in [0.1, 0.15) is 52.6 Å². The third kappa shape index (κ3) is 8.72. The fraction of sp³-hybridized carbons (Fsp3) is 0.438. The van der Waals surface area contributed by atoms with E-state index in [1.807, 2.05) is 0 Å². The fourth-order valence-corrected chi connectivity index (χ4v) is 5.17. The molecule has 0 atom stereocenters. The van der Waals surface area contributed by atoms with Crippen LogP contribution in [-0.4, -0.2) is 78.7 Å². The Balaban J connectivity index is 0.000000278. The van der Waals surface area contributed by atoms with E-state index in [-0.39, 0.29) is 41.2 Å². The number of aromatic amines is 3. The summed E-state index contributed by atoms with van der Waals surface area (Å²) < 4.78 is 4.32. The van der Waals surface area contributed by atoms with E-state index < -0.39 is 20.1 Å². The molecule has 3 rings (SSSR count). The number of methoxy groups -OCH3 is 1. The van der Waals surface area contributed by atoms with Gasteiger partial charge in [-0.25, -0.2) is 4.79 Å². The van der Waals surface area contributed by atoms with Gasteiger partial charge in [0.15, 0.2) is 8.24 Å². The number of carbonyl (C=O) groups is 3. The maximum absolute atomic E-state index is 11.9. The number of nitrogen functional groups attached to an aromatic ring is 3. The van der Waals surface area contributed by atoms with Crippen LogP contribution in [0.3, 0.4) is 0 Å². The molecular formula is C16H30N14O4Si. The summed E-state index contributed by atoms with van der Waals surface area (Å²) in [5.41, 5.74) is 20.3. The van der Waals surface area contributed by atoms with E-state index >= 15 is 0 Å². The van der Waals surface area contributed by atoms with E-state index in [1.54, 1.807) is 0 Å². The molecule has 0 saturated carbocycles. The zero-order chi connectivity index (χ0) is 26.6. The predicted molar refractivity (Wildman–Crippen MR) is 127 cm³/mol. The summed E-state index contributed by atoms with van der Waals surface area (Å²) in [6.07, 6.45) is 0. The lowest BCUT2D eigenvalue weighted by atomic mass is 10.6. The lowest BCUT2D eigenvalue weighted by Gasteiger charge is -2.28. The number of esters is 1. The fourth-order valence-electron chi connectivity index (χ4n) is 2.54. The van der Waals surface area contributed by atoms with Crippen molar-refractivity contribution in [3.8, 4) is 0 Å². The molecule has 19 heteroatoms. The van der Waals surface area contributed by atoms with E-state index in [0.29, 0.717) is 0 Å². The molecule has 0 unspecified atom stereocenters. The molecule has 0 bridgehead atoms. The van der Waals surface area contributed by atoms with Gasteiger partial charge >= 0.3 is 5.97 Å². The van der Waals surface area contributed by atoms with Crippen molar-refractivity contribution in [1.29, 1.82) is 0 Å². The van der Waals surface area contributed by atoms with Gasteiger partial charge in [-0.1, -0.05) is 20.8 Å². The number of H-pyrrole nitrogens is 3. The number of nitrogens with two attached hydrogens (primary N) is 4. The summed E-state index contributed by atoms with van der Waals surface area (Å²) in [7, 11) is -0.431. The monoisotopic (exact) mass is 510 g/mol. The topological polar surface area (TPSA) is 301 Å². The number of hydrogen-bond donors (Lipinski definition) is 8. The molecule has 0 spiro atoms. The third-order valence-electron chi connectivity index (χ3n) is 4.74. The van der Waals surface area contributed by atoms with Gasteiger partial charge in [-0.15, -0.1) is 15.3 Å². The standard InChI is InChI=1S/C9H19N5OSi.C4H6N4O2.C3H5N5O/c1-4-16(5-2,6-3)14-8(15)7-11-9(10)13-12-7;1-10-3(9)2-6-4(5)8-7-2;4-1(9)2-6-3(5)8-7-2/h4-6H2,1-3H3,(H,14,15)(H3,10,11,12,13);1H3,(H3,5,6,7,8);(H2,4,9)(H3,5,6,7,8). The number of nitrogens with zero attached hydrogens (tertiary/aromatic N) is 6. The second kappa shape index (κ2) is 13.2. The summed E-state index contributed by atoms with van der Waals surface area (Å²) in [5.74, 6) is -1.10. The van der Waals surface area contributed by atoms with Crippen LogP contribution in [0.4, 0.5) is 17.8 Å². The average Bonchev–Trinajstić information content (AvgIpc) is 3.59. The van der Waals surface area contributed by atoms with Crippen molar-refractivity contribution in [3.05, 3.63) is 17.5 Å². The number of carbonyl (C=O) groups excluding carboxylic acids is 3. The molecule has 12 N–H and O–H groups in total. The van der Waals surface area contributed by atoms with Crippen molar-refractivity contribution in [2.75, 3.05) is 24.3 Å². The Morgan fingerprint density at radius 1 is 0.800 bits per heavy atom. The molecule has 0 aliphatic carbocycles. The molecule has 0 fully saturated rings. The summed E-state index contributed by atoms with van der Waals surface area (Å²) in [6.45, 7) is 6.36. The lowest BCUT2D eigenvalue weighted by molar-refractivity contribution is 0.0587. The van der Waals surface area contributed by atoms with E-state index in [4.69, 9.17) is 22.9 Å². The van der Waals surface area contributed by atoms with Crippen LogP contribution in [0.2, 0.25) is 18.1 Å². The Labute approximate surface area is 200 Å². The van der Waals surface area contributed by atoms with Crippen molar-refractivity contribution >= 4 is 43.9 Å². The maximum Gasteiger partial charge on any atom is 0.375 e. The minimum absolute atomic E-state index is 0.0139. The first-order valence-corrected chi connectivity index (χ1v) is 12.9. The SMILES string of the molecule is CC[Si](CC)(CC)NC(=O)c1nc(N)n[nH]1.COC(=O)c1nc(N)n[nH]1.NC(=O)c1nc(N)n[nH]1. The molecule has 192 valence electrons. The van der Waals surface area contributed by atoms with E-state index in [1.165, 1.54) is 7.11 Å². The number of hydrogen-bond acceptors (Lipinski definition) is 13. The Morgan fingerprint density at radius 3 is 1.49 bits per heavy atom. The molecule has 18 nitrogen and oxygen atoms in total. The number of ether oxygens (including phenoxy) is 1. The highest BCUT2D eigenvalue weighted by atomic mass is 28.3. The molecule has 0 aliphatic heterocycles. The highest BCUT2D eigenvalue weighted by Gasteiger charge is 2.30. The van der Waals surface area contributed by atoms with E-state index in [0.717, 1.165) is 18.1 Å². The van der Waals surface area contributed by atoms with Gasteiger partial charge in [-0.05, 0) is 18.1 Å². The quantitative estimate of drug-likeness (QED) is 0.137. The van der Waals surface area contributed by atoms with Crippen molar-refractivity contribution in [2.24, 2.45) is 5.73 Å². The van der Waals surface area contributed by atoms with Crippen molar-refractivity contribution in [1.82, 2.24) is 50.5 Å². The summed E-state index contributed by atoms with van der Waals surface area (Å²) in [6, 6.07) is 3.07. The molecule has 0 radical (unpaired) electrons. The third-order valence-corrected chi connectivity index (χ3v) is 9.56. The number of primary amides is 1. The molecule has 2 amide bonds. The second-order valence-electron chi connectivity index (χ2n) is 6.78. The number of anilines is 3. The molecule has 3 aromatic rings. The number of amides is 2. The molecule has 0 saturated heterocycles. The van der Waals surface area contributed by atoms with Crippen molar-refractivity contribution < 1.29 is 19.1 Å². The van der Waals surface area contributed by atoms with E-state index in [2.05, 4.69) is 76.0 Å². The number of rotatable bonds is 7. The lowest BCUT2D eigenvalue weighted by Crippen LogP contribution is -2.52. The molecule has 0 aromatic carbocycles. The maximum atomic E-state index is 11.9. The van der Waals surface area contributed by atoms with Crippen molar-refractivity contribution in [2.45, 2.75) is 38.9 Å². The minimum atomic E-state index is -1.68. The largest absolute Gasteiger partial charge is 0.463 e. The summed E-state index contributed by atoms with van der Waals surface area (Å²) >= 11 is 0. The number of aromatic nitrogens is 9. The first kappa shape index (κ1) is 28.5. The van der Waals surface area contributed by atoms with Gasteiger partial charge in [0.1, 0.15) is 0 Å². The normalized spacial score (nSPS) is 10.3. The zero-order valence-electron chi connectivity index (χ0n) is 19.7. The van der Waals surface area contributed by atoms with Crippen LogP contribution in [-0.2, 0) is 4.74 Å². The summed E-state index contributed by atoms with van der Waals surface area (Å²) in [4.78, 5) is 46.7. The van der Waals surface area contributed by atoms with Crippen LogP contribution in [0.25, 0.3) is 0 Å². The molecular weight excluding hydrogens is 480 g/mol. The zero-order valence-corrected chi connectivity index (χ0v) is 20.7. The van der Waals surface area contributed by atoms with Gasteiger partial charge < -0.3 is 32.7 Å². The molecule has 0 aliphatic rings. The van der Waals surface area contributed by atoms with Gasteiger partial charge in [-0.3, -0.25) is 24.9 Å². The van der Waals surface area contributed by atoms with Crippen LogP contribution in [0.15, 0.2) is 0 Å². The smallest absolute Gasteiger partial charge is 0.375 e. The summed E-state index contributed by atoms with van der Waals surface area (Å²) in [5, 5.41) is 17.5. The molecule has 35 heavy (non-hydrogen) atoms. The van der Waals surface area contributed by atoms with Crippen LogP contribution < -0.4 is 27.9 Å². The first-order chi connectivity index (χ1) is 16.5. The Hall–Kier alpha value is -4.55. The van der Waals surface area contributed by atoms with Crippen LogP contribution >= 0.6 is 0 Å². The van der Waals surface area contributed by atoms with Gasteiger partial charge in [-0.2, -0.15) is 15.0 Å². The minimum Gasteiger partial charge on any atom is -0.463 e. The van der Waals surface area contributed by atoms with Gasteiger partial charge in [0.05, 0.1) is 7.11 Å². The van der Waals surface area contributed by atoms with Gasteiger partial charge in [0.2, 0.25) is 35.3 Å². The Bertz CT molecular complexity index is 1100. The number of nitrogens with one attached hydrogen (secondary N) is 4. The first-order valence-electron chi connectivity index (χ1n) is 10.2. The second-order valence-corrected chi connectivity index (χ2v) is 11.7. The molecule has 3 aromatic heterocycles. The average molecular weight is 511 g/mol. The predicted octanol–water partition coefficient (Wildman–Crippen LogP) is -1.22. The Morgan fingerprint density at radius 2 is 1.20 bits per heavy atom. The Kier molecular flexibility index (Phi) is 10.8. The van der Waals surface area contributed by atoms with Gasteiger partial charge in [0, 0.05) is 0 Å². The molecule has 3 heterocycles. The highest BCUT2D eigenvalue weighted by molar-refractivity contribution is 6.79. The van der Waals surface area contributed by atoms with E-state index in [9.17, 15) is 14.4 Å². The van der Waals surface area contributed by atoms with Crippen LogP contribution in [0.5, 0.6) is 0 Å².